The fourth-order valence-electron chi connectivity index (χ4n) is 7.01. The number of fused-ring (bicyclic) bond motifs is 6. The standard InChI is InChI=1S/C34H26Br2N2O5/c1-17-6-5-9-21-22(34(42)43-16-26(39)19-7-3-2-4-8-19)15-25(37-31(17)21)18-10-12-20(13-11-18)38-32(40)27-23-14-24(28(27)33(38)41)30(36)29(23)35/h2-13,15,23-24,27-30H,14,16H2,1H3. The lowest BCUT2D eigenvalue weighted by atomic mass is 9.81. The van der Waals surface area contributed by atoms with Gasteiger partial charge in [-0.15, -0.1) is 0 Å². The third kappa shape index (κ3) is 4.55. The quantitative estimate of drug-likeness (QED) is 0.0983. The molecule has 7 nitrogen and oxygen atoms in total. The molecule has 3 aliphatic rings. The van der Waals surface area contributed by atoms with E-state index in [-0.39, 0.29) is 57.5 Å². The number of hydrogen-bond donors (Lipinski definition) is 0. The second-order valence-electron chi connectivity index (χ2n) is 11.5. The average molecular weight is 702 g/mol. The van der Waals surface area contributed by atoms with Gasteiger partial charge in [0.25, 0.3) is 0 Å². The minimum Gasteiger partial charge on any atom is -0.454 e. The SMILES string of the molecule is Cc1cccc2c(C(=O)OCC(=O)c3ccccc3)cc(-c3ccc(N4C(=O)C5C6CC(C(Br)C6Br)C5C4=O)cc3)nc12. The average Bonchev–Trinajstić information content (AvgIpc) is 3.64. The maximum absolute atomic E-state index is 13.5. The number of aryl methyl sites for hydroxylation is 1. The molecule has 3 fully saturated rings. The van der Waals surface area contributed by atoms with E-state index in [1.807, 2.05) is 25.1 Å². The molecule has 0 spiro atoms. The number of Topliss-reactive ketones (excluding diaryl/α,β-unsaturated/α-hetero) is 1. The van der Waals surface area contributed by atoms with E-state index in [2.05, 4.69) is 31.9 Å². The summed E-state index contributed by atoms with van der Waals surface area (Å²) >= 11 is 7.47. The number of nitrogens with zero attached hydrogens (tertiary/aromatic N) is 2. The van der Waals surface area contributed by atoms with Crippen LogP contribution in [-0.2, 0) is 14.3 Å². The number of para-hydroxylation sites is 1. The van der Waals surface area contributed by atoms with E-state index >= 15 is 0 Å². The summed E-state index contributed by atoms with van der Waals surface area (Å²) in [5.41, 5.74) is 4.08. The Morgan fingerprint density at radius 3 is 2.19 bits per heavy atom. The highest BCUT2D eigenvalue weighted by Gasteiger charge is 2.66. The van der Waals surface area contributed by atoms with Crippen molar-refractivity contribution in [2.24, 2.45) is 23.7 Å². The molecule has 2 saturated carbocycles. The third-order valence-corrected chi connectivity index (χ3v) is 12.3. The number of esters is 1. The number of rotatable bonds is 6. The number of imide groups is 1. The van der Waals surface area contributed by atoms with E-state index in [9.17, 15) is 19.2 Å². The lowest BCUT2D eigenvalue weighted by Gasteiger charge is -2.28. The zero-order chi connectivity index (χ0) is 30.0. The fraction of sp³-hybridized carbons (Fsp3) is 0.265. The molecule has 216 valence electrons. The number of hydrogen-bond acceptors (Lipinski definition) is 6. The maximum atomic E-state index is 13.5. The highest BCUT2D eigenvalue weighted by molar-refractivity contribution is 9.12. The van der Waals surface area contributed by atoms with Gasteiger partial charge in [0.05, 0.1) is 34.3 Å². The van der Waals surface area contributed by atoms with Crippen LogP contribution in [0.15, 0.2) is 78.9 Å². The monoisotopic (exact) mass is 700 g/mol. The molecule has 6 unspecified atom stereocenters. The van der Waals surface area contributed by atoms with Crippen molar-refractivity contribution in [2.75, 3.05) is 11.5 Å². The zero-order valence-corrected chi connectivity index (χ0v) is 26.2. The van der Waals surface area contributed by atoms with E-state index in [1.54, 1.807) is 60.7 Å². The van der Waals surface area contributed by atoms with Crippen LogP contribution in [-0.4, -0.2) is 44.8 Å². The maximum Gasteiger partial charge on any atom is 0.339 e. The first-order valence-corrected chi connectivity index (χ1v) is 16.0. The van der Waals surface area contributed by atoms with Crippen LogP contribution in [0.25, 0.3) is 22.2 Å². The molecular formula is C34H26Br2N2O5. The van der Waals surface area contributed by atoms with Crippen molar-refractivity contribution in [1.29, 1.82) is 0 Å². The van der Waals surface area contributed by atoms with E-state index in [0.717, 1.165) is 12.0 Å². The van der Waals surface area contributed by atoms with E-state index in [1.165, 1.54) is 4.90 Å². The smallest absolute Gasteiger partial charge is 0.339 e. The number of anilines is 1. The number of amides is 2. The van der Waals surface area contributed by atoms with Crippen LogP contribution in [0.5, 0.6) is 0 Å². The van der Waals surface area contributed by atoms with Gasteiger partial charge >= 0.3 is 5.97 Å². The molecule has 2 heterocycles. The Hall–Kier alpha value is -3.69. The van der Waals surface area contributed by atoms with Crippen molar-refractivity contribution in [3.63, 3.8) is 0 Å². The van der Waals surface area contributed by atoms with Crippen LogP contribution in [0.4, 0.5) is 5.69 Å². The Kier molecular flexibility index (Phi) is 7.05. The normalized spacial score (nSPS) is 25.8. The Balaban J connectivity index is 1.17. The molecule has 7 rings (SSSR count). The lowest BCUT2D eigenvalue weighted by molar-refractivity contribution is -0.123. The molecule has 9 heteroatoms. The molecule has 2 aliphatic carbocycles. The van der Waals surface area contributed by atoms with Gasteiger partial charge in [-0.05, 0) is 48.9 Å². The predicted octanol–water partition coefficient (Wildman–Crippen LogP) is 6.53. The van der Waals surface area contributed by atoms with E-state index < -0.39 is 5.97 Å². The Morgan fingerprint density at radius 1 is 0.884 bits per heavy atom. The van der Waals surface area contributed by atoms with Crippen molar-refractivity contribution >= 4 is 72.0 Å². The fourth-order valence-corrected chi connectivity index (χ4v) is 8.88. The number of pyridine rings is 1. The highest BCUT2D eigenvalue weighted by Crippen LogP contribution is 2.60. The molecule has 43 heavy (non-hydrogen) atoms. The summed E-state index contributed by atoms with van der Waals surface area (Å²) in [5.74, 6) is -1.46. The van der Waals surface area contributed by atoms with E-state index in [4.69, 9.17) is 9.72 Å². The van der Waals surface area contributed by atoms with Crippen LogP contribution >= 0.6 is 31.9 Å². The molecule has 1 saturated heterocycles. The number of aromatic nitrogens is 1. The molecular weight excluding hydrogens is 676 g/mol. The molecule has 0 N–H and O–H groups in total. The Labute approximate surface area is 264 Å². The molecule has 2 amide bonds. The molecule has 1 aromatic heterocycles. The Bertz CT molecular complexity index is 1780. The van der Waals surface area contributed by atoms with Crippen molar-refractivity contribution in [1.82, 2.24) is 4.98 Å². The number of halogens is 2. The first-order valence-electron chi connectivity index (χ1n) is 14.2. The van der Waals surface area contributed by atoms with Gasteiger partial charge in [-0.2, -0.15) is 0 Å². The second-order valence-corrected chi connectivity index (χ2v) is 13.6. The first kappa shape index (κ1) is 28.1. The molecule has 3 aromatic carbocycles. The highest BCUT2D eigenvalue weighted by atomic mass is 79.9. The second kappa shape index (κ2) is 10.8. The summed E-state index contributed by atoms with van der Waals surface area (Å²) in [6.07, 6.45) is 0.879. The molecule has 0 radical (unpaired) electrons. The number of ketones is 1. The summed E-state index contributed by atoms with van der Waals surface area (Å²) in [6.45, 7) is 1.54. The molecule has 2 bridgehead atoms. The van der Waals surface area contributed by atoms with Crippen LogP contribution in [0.1, 0.15) is 32.7 Å². The number of alkyl halides is 2. The predicted molar refractivity (Wildman–Crippen MR) is 169 cm³/mol. The van der Waals surface area contributed by atoms with Crippen LogP contribution in [0.3, 0.4) is 0 Å². The molecule has 6 atom stereocenters. The summed E-state index contributed by atoms with van der Waals surface area (Å²) in [7, 11) is 0. The van der Waals surface area contributed by atoms with Crippen molar-refractivity contribution in [2.45, 2.75) is 23.0 Å². The third-order valence-electron chi connectivity index (χ3n) is 9.10. The van der Waals surface area contributed by atoms with Crippen LogP contribution in [0.2, 0.25) is 0 Å². The molecule has 4 aromatic rings. The number of ether oxygens (including phenoxy) is 1. The minimum absolute atomic E-state index is 0.131. The summed E-state index contributed by atoms with van der Waals surface area (Å²) < 4.78 is 5.46. The molecule has 1 aliphatic heterocycles. The topological polar surface area (TPSA) is 93.6 Å². The lowest BCUT2D eigenvalue weighted by Crippen LogP contribution is -2.37. The summed E-state index contributed by atoms with van der Waals surface area (Å²) in [4.78, 5) is 59.4. The van der Waals surface area contributed by atoms with Gasteiger partial charge in [-0.3, -0.25) is 19.3 Å². The van der Waals surface area contributed by atoms with Gasteiger partial charge in [-0.25, -0.2) is 9.78 Å². The summed E-state index contributed by atoms with van der Waals surface area (Å²) in [5, 5.41) is 0.627. The number of benzene rings is 3. The van der Waals surface area contributed by atoms with Crippen LogP contribution in [0, 0.1) is 30.6 Å². The van der Waals surface area contributed by atoms with Crippen LogP contribution < -0.4 is 4.90 Å². The van der Waals surface area contributed by atoms with Gasteiger partial charge in [0.1, 0.15) is 0 Å². The van der Waals surface area contributed by atoms with E-state index in [0.29, 0.717) is 39.0 Å². The zero-order valence-electron chi connectivity index (χ0n) is 23.1. The van der Waals surface area contributed by atoms with Crippen molar-refractivity contribution in [3.05, 3.63) is 95.6 Å². The summed E-state index contributed by atoms with van der Waals surface area (Å²) in [6, 6.07) is 23.0. The van der Waals surface area contributed by atoms with Gasteiger partial charge in [0.15, 0.2) is 12.4 Å². The van der Waals surface area contributed by atoms with Gasteiger partial charge in [0.2, 0.25) is 11.8 Å². The van der Waals surface area contributed by atoms with Gasteiger partial charge < -0.3 is 4.74 Å². The first-order chi connectivity index (χ1) is 20.7. The van der Waals surface area contributed by atoms with Crippen molar-refractivity contribution < 1.29 is 23.9 Å². The van der Waals surface area contributed by atoms with Gasteiger partial charge in [-0.1, -0.05) is 92.5 Å². The van der Waals surface area contributed by atoms with Crippen molar-refractivity contribution in [3.8, 4) is 11.3 Å². The Morgan fingerprint density at radius 2 is 1.53 bits per heavy atom. The number of carbonyl (C=O) groups excluding carboxylic acids is 4. The number of carbonyl (C=O) groups is 4. The van der Waals surface area contributed by atoms with Gasteiger partial charge in [0, 0.05) is 26.2 Å². The minimum atomic E-state index is -0.621. The largest absolute Gasteiger partial charge is 0.454 e.